The van der Waals surface area contributed by atoms with Crippen molar-refractivity contribution in [3.63, 3.8) is 0 Å². The van der Waals surface area contributed by atoms with Crippen molar-refractivity contribution >= 4 is 52.3 Å². The number of halogens is 2. The van der Waals surface area contributed by atoms with Gasteiger partial charge in [0, 0.05) is 28.7 Å². The average Bonchev–Trinajstić information content (AvgIpc) is 3.44. The fourth-order valence-electron chi connectivity index (χ4n) is 3.13. The maximum absolute atomic E-state index is 12.3. The Kier molecular flexibility index (Phi) is 6.10. The highest BCUT2D eigenvalue weighted by Gasteiger charge is 2.31. The van der Waals surface area contributed by atoms with Crippen LogP contribution < -0.4 is 10.2 Å². The lowest BCUT2D eigenvalue weighted by Crippen LogP contribution is -2.24. The zero-order chi connectivity index (χ0) is 22.0. The minimum Gasteiger partial charge on any atom is -0.454 e. The molecule has 0 saturated heterocycles. The minimum absolute atomic E-state index is 0.0206. The molecule has 1 aliphatic heterocycles. The van der Waals surface area contributed by atoms with Gasteiger partial charge in [-0.15, -0.1) is 0 Å². The van der Waals surface area contributed by atoms with Crippen LogP contribution in [0.15, 0.2) is 81.1 Å². The third kappa shape index (κ3) is 4.08. The van der Waals surface area contributed by atoms with Crippen molar-refractivity contribution in [3.8, 4) is 17.4 Å². The minimum atomic E-state index is -0.452. The van der Waals surface area contributed by atoms with Crippen molar-refractivity contribution in [2.24, 2.45) is 0 Å². The molecule has 0 spiro atoms. The number of rotatable bonds is 4. The van der Waals surface area contributed by atoms with E-state index in [1.807, 2.05) is 58.8 Å². The molecule has 2 heterocycles. The number of nitrogens with zero attached hydrogens (tertiary/aromatic N) is 2. The molecule has 1 aliphatic rings. The fourth-order valence-corrected chi connectivity index (χ4v) is 4.52. The summed E-state index contributed by atoms with van der Waals surface area (Å²) in [7, 11) is 1.49. The lowest BCUT2D eigenvalue weighted by molar-refractivity contribution is -0.116. The molecule has 0 aliphatic carbocycles. The number of para-hydroxylation sites is 1. The number of amides is 1. The second-order valence-electron chi connectivity index (χ2n) is 6.45. The quantitative estimate of drug-likeness (QED) is 0.360. The van der Waals surface area contributed by atoms with Gasteiger partial charge in [0.1, 0.15) is 22.4 Å². The van der Waals surface area contributed by atoms with Gasteiger partial charge < -0.3 is 9.73 Å². The molecule has 1 aromatic heterocycles. The molecule has 154 valence electrons. The van der Waals surface area contributed by atoms with Crippen LogP contribution in [0.25, 0.3) is 17.0 Å². The van der Waals surface area contributed by atoms with Gasteiger partial charge in [0.25, 0.3) is 5.91 Å². The third-order valence-corrected chi connectivity index (χ3v) is 6.09. The summed E-state index contributed by atoms with van der Waals surface area (Å²) in [4.78, 5) is 14.1. The number of likely N-dealkylation sites (N-methyl/N-ethyl adjacent to an activating group) is 1. The molecule has 1 amide bonds. The molecule has 0 atom stereocenters. The van der Waals surface area contributed by atoms with Crippen molar-refractivity contribution in [1.82, 2.24) is 5.32 Å². The van der Waals surface area contributed by atoms with Crippen LogP contribution in [0.1, 0.15) is 5.76 Å². The summed E-state index contributed by atoms with van der Waals surface area (Å²) in [6, 6.07) is 20.3. The van der Waals surface area contributed by atoms with Gasteiger partial charge in [-0.05, 0) is 42.5 Å². The van der Waals surface area contributed by atoms with Gasteiger partial charge in [0.15, 0.2) is 5.76 Å². The van der Waals surface area contributed by atoms with Crippen LogP contribution in [0, 0.1) is 11.3 Å². The topological polar surface area (TPSA) is 69.3 Å². The number of carbonyl (C=O) groups is 1. The zero-order valence-electron chi connectivity index (χ0n) is 16.2. The Morgan fingerprint density at radius 1 is 1.10 bits per heavy atom. The van der Waals surface area contributed by atoms with E-state index in [4.69, 9.17) is 27.6 Å². The van der Waals surface area contributed by atoms with Crippen molar-refractivity contribution in [3.05, 3.63) is 92.5 Å². The first-order valence-electron chi connectivity index (χ1n) is 9.17. The molecule has 0 fully saturated rings. The number of thioether (sulfide) groups is 1. The van der Waals surface area contributed by atoms with E-state index in [9.17, 15) is 10.1 Å². The first kappa shape index (κ1) is 21.1. The van der Waals surface area contributed by atoms with E-state index in [0.717, 1.165) is 5.69 Å². The fraction of sp³-hybridized carbons (Fsp3) is 0.0435. The average molecular weight is 468 g/mol. The van der Waals surface area contributed by atoms with Gasteiger partial charge in [-0.25, -0.2) is 0 Å². The maximum Gasteiger partial charge on any atom is 0.264 e. The van der Waals surface area contributed by atoms with Crippen molar-refractivity contribution in [1.29, 1.82) is 5.26 Å². The molecule has 2 aromatic carbocycles. The monoisotopic (exact) mass is 467 g/mol. The first-order chi connectivity index (χ1) is 15.0. The van der Waals surface area contributed by atoms with Gasteiger partial charge in [-0.2, -0.15) is 5.26 Å². The number of nitriles is 1. The van der Waals surface area contributed by atoms with Crippen molar-refractivity contribution in [2.45, 2.75) is 0 Å². The van der Waals surface area contributed by atoms with Crippen LogP contribution in [0.3, 0.4) is 0 Å². The van der Waals surface area contributed by atoms with E-state index in [1.165, 1.54) is 18.8 Å². The summed E-state index contributed by atoms with van der Waals surface area (Å²) in [6.07, 6.45) is 0. The molecule has 0 bridgehead atoms. The SMILES string of the molecule is CNC(=O)/C(C#N)=C1\SC=C(c2ccc(-c3cc(Cl)ccc3Cl)o2)N1c1ccccc1. The molecule has 5 nitrogen and oxygen atoms in total. The van der Waals surface area contributed by atoms with Crippen LogP contribution >= 0.6 is 35.0 Å². The number of anilines is 1. The Balaban J connectivity index is 1.81. The van der Waals surface area contributed by atoms with Crippen LogP contribution in [-0.4, -0.2) is 13.0 Å². The maximum atomic E-state index is 12.3. The van der Waals surface area contributed by atoms with Gasteiger partial charge in [-0.3, -0.25) is 9.69 Å². The van der Waals surface area contributed by atoms with Gasteiger partial charge in [0.2, 0.25) is 0 Å². The Labute approximate surface area is 193 Å². The standard InChI is InChI=1S/C23H15Cl2N3O2S/c1-27-22(29)17(12-26)23-28(15-5-3-2-4-6-15)19(13-31-23)21-10-9-20(30-21)16-11-14(24)7-8-18(16)25/h2-11,13H,1H3,(H,27,29)/b23-17-. The van der Waals surface area contributed by atoms with E-state index >= 15 is 0 Å². The molecule has 4 rings (SSSR count). The zero-order valence-corrected chi connectivity index (χ0v) is 18.6. The molecular weight excluding hydrogens is 453 g/mol. The van der Waals surface area contributed by atoms with Gasteiger partial charge in [0.05, 0.1) is 10.7 Å². The second kappa shape index (κ2) is 8.94. The molecule has 3 aromatic rings. The second-order valence-corrected chi connectivity index (χ2v) is 8.15. The molecule has 31 heavy (non-hydrogen) atoms. The molecule has 0 radical (unpaired) electrons. The predicted octanol–water partition coefficient (Wildman–Crippen LogP) is 6.29. The highest BCUT2D eigenvalue weighted by molar-refractivity contribution is 8.06. The van der Waals surface area contributed by atoms with E-state index in [-0.39, 0.29) is 5.57 Å². The third-order valence-electron chi connectivity index (χ3n) is 4.57. The summed E-state index contributed by atoms with van der Waals surface area (Å²) >= 11 is 13.7. The summed E-state index contributed by atoms with van der Waals surface area (Å²) in [5.41, 5.74) is 2.19. The number of furan rings is 1. The first-order valence-corrected chi connectivity index (χ1v) is 10.8. The summed E-state index contributed by atoms with van der Waals surface area (Å²) in [5.74, 6) is 0.670. The number of benzene rings is 2. The normalized spacial score (nSPS) is 14.8. The van der Waals surface area contributed by atoms with Crippen molar-refractivity contribution in [2.75, 3.05) is 11.9 Å². The van der Waals surface area contributed by atoms with Crippen LogP contribution in [0.2, 0.25) is 10.0 Å². The predicted molar refractivity (Wildman–Crippen MR) is 125 cm³/mol. The Morgan fingerprint density at radius 2 is 1.84 bits per heavy atom. The number of hydrogen-bond donors (Lipinski definition) is 1. The van der Waals surface area contributed by atoms with E-state index in [1.54, 1.807) is 18.2 Å². The Morgan fingerprint density at radius 3 is 2.55 bits per heavy atom. The van der Waals surface area contributed by atoms with Gasteiger partial charge in [-0.1, -0.05) is 53.2 Å². The molecule has 0 unspecified atom stereocenters. The number of hydrogen-bond acceptors (Lipinski definition) is 5. The largest absolute Gasteiger partial charge is 0.454 e. The lowest BCUT2D eigenvalue weighted by atomic mass is 10.2. The smallest absolute Gasteiger partial charge is 0.264 e. The summed E-state index contributed by atoms with van der Waals surface area (Å²) < 4.78 is 6.12. The van der Waals surface area contributed by atoms with Crippen LogP contribution in [0.5, 0.6) is 0 Å². The molecule has 1 N–H and O–H groups in total. The van der Waals surface area contributed by atoms with E-state index in [0.29, 0.717) is 37.9 Å². The Bertz CT molecular complexity index is 1260. The lowest BCUT2D eigenvalue weighted by Gasteiger charge is -2.23. The molecule has 8 heteroatoms. The highest BCUT2D eigenvalue weighted by atomic mass is 35.5. The number of carbonyl (C=O) groups excluding carboxylic acids is 1. The van der Waals surface area contributed by atoms with Crippen LogP contribution in [0.4, 0.5) is 5.69 Å². The van der Waals surface area contributed by atoms with Gasteiger partial charge >= 0.3 is 0 Å². The molecule has 0 saturated carbocycles. The molecular formula is C23H15Cl2N3O2S. The van der Waals surface area contributed by atoms with E-state index in [2.05, 4.69) is 5.32 Å². The van der Waals surface area contributed by atoms with Crippen molar-refractivity contribution < 1.29 is 9.21 Å². The van der Waals surface area contributed by atoms with Crippen LogP contribution in [-0.2, 0) is 4.79 Å². The summed E-state index contributed by atoms with van der Waals surface area (Å²) in [6.45, 7) is 0. The highest BCUT2D eigenvalue weighted by Crippen LogP contribution is 2.45. The number of nitrogens with one attached hydrogen (secondary N) is 1. The summed E-state index contributed by atoms with van der Waals surface area (Å²) in [5, 5.41) is 15.6. The Hall–Kier alpha value is -3.11. The van der Waals surface area contributed by atoms with E-state index < -0.39 is 5.91 Å².